The molecule has 2 saturated heterocycles. The van der Waals surface area contributed by atoms with Crippen molar-refractivity contribution in [1.82, 2.24) is 37.2 Å². The third kappa shape index (κ3) is 32.8. The molecule has 0 aromatic heterocycles. The number of ether oxygens (including phenoxy) is 18. The molecule has 4 aromatic carbocycles. The van der Waals surface area contributed by atoms with Crippen molar-refractivity contribution in [2.75, 3.05) is 13.2 Å². The fraction of sp³-hybridized carbons (Fsp3) is 0.615. The lowest BCUT2D eigenvalue weighted by molar-refractivity contribution is -0.287. The monoisotopic (exact) mass is 2070 g/mol. The van der Waals surface area contributed by atoms with E-state index in [-0.39, 0.29) is 82.7 Å². The minimum absolute atomic E-state index is 0.00244. The number of carboxylic acids is 1. The molecule has 6 aliphatic heterocycles. The van der Waals surface area contributed by atoms with Crippen LogP contribution in [-0.2, 0) is 121 Å². The van der Waals surface area contributed by atoms with E-state index in [4.69, 9.17) is 96.1 Å². The Morgan fingerprint density at radius 2 is 0.646 bits per heavy atom. The normalized spacial score (nSPS) is 34.7. The van der Waals surface area contributed by atoms with Crippen LogP contribution >= 0.6 is 0 Å². The Bertz CT molecular complexity index is 4980. The molecule has 18 N–H and O–H groups in total. The summed E-state index contributed by atoms with van der Waals surface area (Å²) in [6, 6.07) is 30.7. The number of aliphatic hydroxyl groups excluding tert-OH is 6. The van der Waals surface area contributed by atoms with Crippen molar-refractivity contribution in [1.29, 1.82) is 0 Å². The van der Waals surface area contributed by atoms with Crippen LogP contribution in [0.1, 0.15) is 170 Å². The first-order valence-corrected chi connectivity index (χ1v) is 50.2. The Balaban J connectivity index is 0.000000231. The van der Waals surface area contributed by atoms with E-state index in [0.29, 0.717) is 32.1 Å². The van der Waals surface area contributed by atoms with Gasteiger partial charge in [-0.15, -0.1) is 0 Å². The van der Waals surface area contributed by atoms with E-state index in [1.54, 1.807) is 91.0 Å². The number of carboxylic acid groups (broad SMARTS) is 1. The van der Waals surface area contributed by atoms with Gasteiger partial charge in [-0.2, -0.15) is 0 Å². The number of alkyl carbamates (subject to hydrolysis) is 6. The number of hydrogen-bond acceptors (Lipinski definition) is 35. The summed E-state index contributed by atoms with van der Waals surface area (Å²) in [7, 11) is 0. The number of rotatable bonds is 35. The molecule has 0 spiro atoms. The molecule has 0 unspecified atom stereocenters. The van der Waals surface area contributed by atoms with Crippen molar-refractivity contribution in [2.24, 2.45) is 17.6 Å². The molecule has 30 atom stereocenters. The van der Waals surface area contributed by atoms with Gasteiger partial charge in [0, 0.05) is 43.8 Å². The first-order valence-electron chi connectivity index (χ1n) is 50.2. The SMILES string of the molecule is CC(C)(C)OC(=O)NC1CC(O)(C(=O)O)C1.CC[C@H]1C=C[C@@H](NC(=O)OCc2ccccc2)[C@@H](O[C@H]2[C@@H](O)[C@H](O[C@@H]3[C@@H](O)[C@H](N)C[C@H](C)[C@H]3O[C@H]3O[C@H](CC)C=C[C@H]3NC(=O)OCc3ccccc3)O[C@@H]2CO)O1.CC[C@H]1C=C[C@@H](NC(=O)OCc2ccccc2)[C@@H](O[C@H]2[C@@H](O)[C@H](O[C@@H]3[C@@H](O)[C@H](NC(=O)C4(O)CC(NC(=O)OC(C)(C)C)C4)C[C@H](C)[C@H]3O[C@H]3O[C@H](CC)C=C[C@H]3NC(=O)OCc3ccccc3)O[C@@H]2CO)O1. The van der Waals surface area contributed by atoms with Crippen molar-refractivity contribution < 1.29 is 170 Å². The van der Waals surface area contributed by atoms with E-state index in [2.05, 4.69) is 37.2 Å². The van der Waals surface area contributed by atoms with Crippen LogP contribution in [0.4, 0.5) is 28.8 Å². The molecule has 812 valence electrons. The summed E-state index contributed by atoms with van der Waals surface area (Å²) in [5, 5.41) is 117. The predicted octanol–water partition coefficient (Wildman–Crippen LogP) is 6.91. The van der Waals surface area contributed by atoms with E-state index in [0.717, 1.165) is 22.3 Å². The Morgan fingerprint density at radius 1 is 0.361 bits per heavy atom. The van der Waals surface area contributed by atoms with Gasteiger partial charge in [-0.25, -0.2) is 33.6 Å². The maximum Gasteiger partial charge on any atom is 0.408 e. The summed E-state index contributed by atoms with van der Waals surface area (Å²) in [6.07, 6.45) is -11.7. The highest BCUT2D eigenvalue weighted by atomic mass is 16.8. The summed E-state index contributed by atoms with van der Waals surface area (Å²) < 4.78 is 108. The molecule has 4 saturated carbocycles. The Hall–Kier alpha value is -10.4. The molecule has 43 heteroatoms. The highest BCUT2D eigenvalue weighted by molar-refractivity contribution is 5.87. The van der Waals surface area contributed by atoms with Crippen molar-refractivity contribution in [2.45, 2.75) is 380 Å². The molecule has 14 rings (SSSR count). The molecule has 0 bridgehead atoms. The van der Waals surface area contributed by atoms with Crippen molar-refractivity contribution in [3.8, 4) is 0 Å². The van der Waals surface area contributed by atoms with Crippen LogP contribution in [0.25, 0.3) is 0 Å². The van der Waals surface area contributed by atoms with Gasteiger partial charge < -0.3 is 174 Å². The number of nitrogens with one attached hydrogen (secondary N) is 7. The maximum atomic E-state index is 13.8. The number of carbonyl (C=O) groups is 8. The fourth-order valence-corrected chi connectivity index (χ4v) is 18.3. The van der Waals surface area contributed by atoms with Gasteiger partial charge in [-0.05, 0) is 114 Å². The van der Waals surface area contributed by atoms with Crippen molar-refractivity contribution >= 4 is 48.4 Å². The predicted molar refractivity (Wildman–Crippen MR) is 521 cm³/mol. The van der Waals surface area contributed by atoms with Gasteiger partial charge in [-0.3, -0.25) is 4.79 Å². The number of carbonyl (C=O) groups excluding carboxylic acids is 7. The molecule has 10 aliphatic rings. The lowest BCUT2D eigenvalue weighted by Gasteiger charge is -2.48. The molecule has 7 amide bonds. The molecule has 4 aliphatic carbocycles. The second kappa shape index (κ2) is 53.3. The number of benzene rings is 4. The average Bonchev–Trinajstić information content (AvgIpc) is 1.37. The number of amides is 7. The number of aliphatic carboxylic acids is 1. The van der Waals surface area contributed by atoms with Crippen LogP contribution in [0, 0.1) is 11.8 Å². The number of aliphatic hydroxyl groups is 8. The third-order valence-electron chi connectivity index (χ3n) is 26.3. The van der Waals surface area contributed by atoms with Gasteiger partial charge in [0.05, 0.1) is 62.0 Å². The summed E-state index contributed by atoms with van der Waals surface area (Å²) >= 11 is 0. The zero-order valence-electron chi connectivity index (χ0n) is 84.7. The highest BCUT2D eigenvalue weighted by Crippen LogP contribution is 2.42. The largest absolute Gasteiger partial charge is 0.479 e. The van der Waals surface area contributed by atoms with E-state index < -0.39 is 255 Å². The molecule has 6 heterocycles. The Morgan fingerprint density at radius 3 is 0.939 bits per heavy atom. The lowest BCUT2D eigenvalue weighted by Crippen LogP contribution is -2.67. The van der Waals surface area contributed by atoms with Crippen LogP contribution in [0.3, 0.4) is 0 Å². The van der Waals surface area contributed by atoms with Crippen molar-refractivity contribution in [3.05, 3.63) is 192 Å². The second-order valence-electron chi connectivity index (χ2n) is 40.3. The number of hydrogen-bond donors (Lipinski definition) is 17. The van der Waals surface area contributed by atoms with E-state index in [1.165, 1.54) is 0 Å². The minimum atomic E-state index is -1.89. The standard InChI is InChI=1S/C52H72N4O17.C42H57N3O13.C10H17NO5/c1-7-33-19-21-35(55-48(61)65-27-30-15-11-9-12-16-30)44(67-33)70-41-29(3)23-37(54-47(60)52(64)24-32(25-52)53-50(63)73-51(4,5)6)39(58)43(41)72-46-40(59)42(38(26-57)69-46)71-45-36(22-20-34(8-2)68-45)56-49(62)66-28-31-17-13-10-14-18-31;1-4-27-16-18-30(44-41(49)51-22-25-12-8-6-9-13-25)38(53-27)56-35-24(3)20-29(43)33(47)37(35)58-40-34(48)36(32(21-46)55-40)57-39-31(19-17-28(5-2)54-39)45-42(50)52-23-26-14-10-7-11-15-26;1-9(2,3)16-8(14)11-6-4-10(15,5-6)7(12)13/h9-22,29,32-46,57-59,64H,7-8,23-28H2,1-6H3,(H,53,63)(H,54,60)(H,55,61)(H,56,62);6-19,24,27-40,46-48H,4-5,20-23,43H2,1-3H3,(H,44,49)(H,45,50);6,15H,4-5H2,1-3H3,(H,11,14)(H,12,13)/t29-,32?,33+,34-,35+,36+,37+,38+,39-,40+,41+,42+,43+,44+,45+,46-,52?;24-,27+,28-,29+,30+,31+,32+,33-,34+,35+,36+,37+,38+,39+,40-;/m00./s1. The van der Waals surface area contributed by atoms with Gasteiger partial charge in [0.1, 0.15) is 122 Å². The third-order valence-corrected chi connectivity index (χ3v) is 26.3. The first-order chi connectivity index (χ1) is 70.0. The van der Waals surface area contributed by atoms with E-state index in [1.807, 2.05) is 162 Å². The lowest BCUT2D eigenvalue weighted by atomic mass is 9.74. The van der Waals surface area contributed by atoms with Gasteiger partial charge in [0.15, 0.2) is 43.3 Å². The molecule has 4 aromatic rings. The smallest absolute Gasteiger partial charge is 0.408 e. The highest BCUT2D eigenvalue weighted by Gasteiger charge is 2.58. The van der Waals surface area contributed by atoms with E-state index in [9.17, 15) is 79.2 Å². The second-order valence-corrected chi connectivity index (χ2v) is 40.3. The number of nitrogens with two attached hydrogens (primary N) is 1. The Labute approximate surface area is 854 Å². The molecule has 0 radical (unpaired) electrons. The minimum Gasteiger partial charge on any atom is -0.479 e. The topological polar surface area (TPSA) is 595 Å². The van der Waals surface area contributed by atoms with Gasteiger partial charge in [-0.1, -0.05) is 211 Å². The quantitative estimate of drug-likeness (QED) is 0.0164. The van der Waals surface area contributed by atoms with Crippen LogP contribution in [0.2, 0.25) is 0 Å². The molecule has 147 heavy (non-hydrogen) atoms. The fourth-order valence-electron chi connectivity index (χ4n) is 18.3. The van der Waals surface area contributed by atoms with Gasteiger partial charge in [0.25, 0.3) is 5.91 Å². The summed E-state index contributed by atoms with van der Waals surface area (Å²) in [4.78, 5) is 100. The average molecular weight is 2070 g/mol. The van der Waals surface area contributed by atoms with Crippen molar-refractivity contribution in [3.63, 3.8) is 0 Å². The molecular weight excluding hydrogens is 1920 g/mol. The van der Waals surface area contributed by atoms with Crippen LogP contribution in [0.15, 0.2) is 170 Å². The Kier molecular flexibility index (Phi) is 41.8. The molecule has 6 fully saturated rings. The van der Waals surface area contributed by atoms with Gasteiger partial charge >= 0.3 is 42.5 Å². The van der Waals surface area contributed by atoms with Crippen LogP contribution in [-0.4, -0.2) is 314 Å². The zero-order chi connectivity index (χ0) is 106. The molecule has 43 nitrogen and oxygen atoms in total. The summed E-state index contributed by atoms with van der Waals surface area (Å²) in [5.74, 6) is -2.89. The maximum absolute atomic E-state index is 13.8. The first kappa shape index (κ1) is 115. The van der Waals surface area contributed by atoms with Crippen LogP contribution in [0.5, 0.6) is 0 Å². The summed E-state index contributed by atoms with van der Waals surface area (Å²) in [5.41, 5.74) is 4.64. The van der Waals surface area contributed by atoms with Crippen LogP contribution < -0.4 is 43.0 Å². The van der Waals surface area contributed by atoms with Gasteiger partial charge in [0.2, 0.25) is 0 Å². The zero-order valence-corrected chi connectivity index (χ0v) is 84.7. The summed E-state index contributed by atoms with van der Waals surface area (Å²) in [6.45, 7) is 20.6. The van der Waals surface area contributed by atoms with E-state index >= 15 is 0 Å². The molecular formula is C104H146N8O35.